The lowest BCUT2D eigenvalue weighted by Crippen LogP contribution is -2.19. The average Bonchev–Trinajstić information content (AvgIpc) is 2.46. The quantitative estimate of drug-likeness (QED) is 0.690. The molecule has 0 amide bonds. The summed E-state index contributed by atoms with van der Waals surface area (Å²) in [5, 5.41) is 0. The number of aryl methyl sites for hydroxylation is 1. The Morgan fingerprint density at radius 1 is 1.33 bits per heavy atom. The molecule has 0 saturated carbocycles. The van der Waals surface area contributed by atoms with E-state index in [1.807, 2.05) is 37.1 Å². The zero-order valence-electron chi connectivity index (χ0n) is 12.5. The van der Waals surface area contributed by atoms with Gasteiger partial charge in [-0.1, -0.05) is 6.07 Å². The number of nitrogens with zero attached hydrogens (tertiary/aromatic N) is 2. The highest BCUT2D eigenvalue weighted by atomic mass is 16.5. The molecule has 0 aliphatic heterocycles. The van der Waals surface area contributed by atoms with E-state index in [1.165, 1.54) is 7.11 Å². The van der Waals surface area contributed by atoms with Gasteiger partial charge >= 0.3 is 5.97 Å². The molecule has 0 bridgehead atoms. The number of pyridine rings is 1. The molecule has 2 aromatic rings. The van der Waals surface area contributed by atoms with E-state index in [0.717, 1.165) is 17.1 Å². The van der Waals surface area contributed by atoms with Gasteiger partial charge in [-0.15, -0.1) is 0 Å². The van der Waals surface area contributed by atoms with Crippen molar-refractivity contribution < 1.29 is 9.53 Å². The molecule has 0 spiro atoms. The van der Waals surface area contributed by atoms with Gasteiger partial charge in [0, 0.05) is 12.7 Å². The normalized spacial score (nSPS) is 10.2. The second-order valence-electron chi connectivity index (χ2n) is 4.89. The van der Waals surface area contributed by atoms with Gasteiger partial charge in [-0.3, -0.25) is 4.98 Å². The molecule has 0 aliphatic rings. The fourth-order valence-electron chi connectivity index (χ4n) is 2.13. The van der Waals surface area contributed by atoms with Crippen LogP contribution in [0.1, 0.15) is 21.7 Å². The van der Waals surface area contributed by atoms with E-state index in [4.69, 9.17) is 10.5 Å². The minimum atomic E-state index is -0.377. The Hall–Kier alpha value is -2.56. The number of aromatic nitrogens is 1. The Labute approximate surface area is 124 Å². The van der Waals surface area contributed by atoms with Crippen molar-refractivity contribution in [2.45, 2.75) is 13.5 Å². The molecule has 110 valence electrons. The lowest BCUT2D eigenvalue weighted by Gasteiger charge is -2.21. The maximum absolute atomic E-state index is 11.6. The van der Waals surface area contributed by atoms with Crippen molar-refractivity contribution in [2.24, 2.45) is 0 Å². The van der Waals surface area contributed by atoms with Gasteiger partial charge in [-0.25, -0.2) is 4.79 Å². The number of nitrogen functional groups attached to an aromatic ring is 1. The molecule has 5 nitrogen and oxygen atoms in total. The molecule has 2 rings (SSSR count). The third-order valence-electron chi connectivity index (χ3n) is 3.21. The number of benzene rings is 1. The number of carbonyl (C=O) groups excluding carboxylic acids is 1. The fraction of sp³-hybridized carbons (Fsp3) is 0.250. The first-order valence-corrected chi connectivity index (χ1v) is 6.63. The van der Waals surface area contributed by atoms with E-state index in [2.05, 4.69) is 4.98 Å². The van der Waals surface area contributed by atoms with Crippen LogP contribution >= 0.6 is 0 Å². The molecule has 0 fully saturated rings. The van der Waals surface area contributed by atoms with Crippen LogP contribution in [0.25, 0.3) is 0 Å². The van der Waals surface area contributed by atoms with Crippen molar-refractivity contribution in [1.82, 2.24) is 4.98 Å². The Balaban J connectivity index is 2.26. The number of methoxy groups -OCH3 is 1. The summed E-state index contributed by atoms with van der Waals surface area (Å²) in [4.78, 5) is 18.0. The van der Waals surface area contributed by atoms with Crippen molar-refractivity contribution in [3.8, 4) is 0 Å². The Morgan fingerprint density at radius 3 is 2.76 bits per heavy atom. The van der Waals surface area contributed by atoms with E-state index in [0.29, 0.717) is 17.8 Å². The van der Waals surface area contributed by atoms with Crippen LogP contribution in [-0.2, 0) is 11.3 Å². The van der Waals surface area contributed by atoms with Crippen molar-refractivity contribution >= 4 is 17.3 Å². The van der Waals surface area contributed by atoms with E-state index in [1.54, 1.807) is 18.2 Å². The molecule has 0 saturated heterocycles. The highest BCUT2D eigenvalue weighted by Crippen LogP contribution is 2.25. The summed E-state index contributed by atoms with van der Waals surface area (Å²) in [5.74, 6) is -0.377. The predicted molar refractivity (Wildman–Crippen MR) is 83.3 cm³/mol. The minimum Gasteiger partial charge on any atom is -0.465 e. The predicted octanol–water partition coefficient (Wildman–Crippen LogP) is 2.40. The van der Waals surface area contributed by atoms with Crippen molar-refractivity contribution in [1.29, 1.82) is 0 Å². The SMILES string of the molecule is COC(=O)c1ccc(N)c(N(C)Cc2cccc(C)n2)c1. The van der Waals surface area contributed by atoms with Crippen LogP contribution in [0.5, 0.6) is 0 Å². The van der Waals surface area contributed by atoms with Crippen LogP contribution in [0.15, 0.2) is 36.4 Å². The van der Waals surface area contributed by atoms with Gasteiger partial charge in [0.2, 0.25) is 0 Å². The van der Waals surface area contributed by atoms with Crippen LogP contribution in [0.3, 0.4) is 0 Å². The number of hydrogen-bond donors (Lipinski definition) is 1. The summed E-state index contributed by atoms with van der Waals surface area (Å²) in [6, 6.07) is 11.0. The number of esters is 1. The molecule has 0 atom stereocenters. The molecule has 5 heteroatoms. The van der Waals surface area contributed by atoms with E-state index >= 15 is 0 Å². The van der Waals surface area contributed by atoms with Crippen LogP contribution < -0.4 is 10.6 Å². The summed E-state index contributed by atoms with van der Waals surface area (Å²) < 4.78 is 4.73. The summed E-state index contributed by atoms with van der Waals surface area (Å²) in [7, 11) is 3.27. The number of hydrogen-bond acceptors (Lipinski definition) is 5. The van der Waals surface area contributed by atoms with Gasteiger partial charge in [-0.2, -0.15) is 0 Å². The molecular formula is C16H19N3O2. The first kappa shape index (κ1) is 14.8. The zero-order valence-corrected chi connectivity index (χ0v) is 12.5. The number of carbonyl (C=O) groups is 1. The molecule has 1 aromatic carbocycles. The molecule has 0 unspecified atom stereocenters. The van der Waals surface area contributed by atoms with E-state index in [-0.39, 0.29) is 5.97 Å². The lowest BCUT2D eigenvalue weighted by molar-refractivity contribution is 0.0601. The summed E-state index contributed by atoms with van der Waals surface area (Å²) in [6.07, 6.45) is 0. The van der Waals surface area contributed by atoms with Crippen LogP contribution in [0.2, 0.25) is 0 Å². The Kier molecular flexibility index (Phi) is 4.42. The monoisotopic (exact) mass is 285 g/mol. The average molecular weight is 285 g/mol. The van der Waals surface area contributed by atoms with E-state index in [9.17, 15) is 4.79 Å². The number of anilines is 2. The Bertz CT molecular complexity index is 656. The second-order valence-corrected chi connectivity index (χ2v) is 4.89. The van der Waals surface area contributed by atoms with Gasteiger partial charge in [0.25, 0.3) is 0 Å². The molecular weight excluding hydrogens is 266 g/mol. The highest BCUT2D eigenvalue weighted by Gasteiger charge is 2.12. The largest absolute Gasteiger partial charge is 0.465 e. The van der Waals surface area contributed by atoms with E-state index < -0.39 is 0 Å². The maximum atomic E-state index is 11.6. The number of ether oxygens (including phenoxy) is 1. The summed E-state index contributed by atoms with van der Waals surface area (Å²) in [5.41, 5.74) is 9.78. The van der Waals surface area contributed by atoms with Crippen LogP contribution in [0.4, 0.5) is 11.4 Å². The zero-order chi connectivity index (χ0) is 15.4. The third kappa shape index (κ3) is 3.51. The second kappa shape index (κ2) is 6.26. The smallest absolute Gasteiger partial charge is 0.337 e. The molecule has 1 aromatic heterocycles. The minimum absolute atomic E-state index is 0.377. The molecule has 2 N–H and O–H groups in total. The molecule has 0 aliphatic carbocycles. The van der Waals surface area contributed by atoms with Gasteiger partial charge < -0.3 is 15.4 Å². The van der Waals surface area contributed by atoms with Gasteiger partial charge in [0.15, 0.2) is 0 Å². The van der Waals surface area contributed by atoms with Crippen LogP contribution in [-0.4, -0.2) is 25.1 Å². The van der Waals surface area contributed by atoms with Crippen molar-refractivity contribution in [2.75, 3.05) is 24.8 Å². The number of rotatable bonds is 4. The van der Waals surface area contributed by atoms with Gasteiger partial charge in [0.05, 0.1) is 36.3 Å². The Morgan fingerprint density at radius 2 is 2.10 bits per heavy atom. The van der Waals surface area contributed by atoms with Gasteiger partial charge in [-0.05, 0) is 37.3 Å². The van der Waals surface area contributed by atoms with Crippen LogP contribution in [0, 0.1) is 6.92 Å². The first-order valence-electron chi connectivity index (χ1n) is 6.63. The van der Waals surface area contributed by atoms with Gasteiger partial charge in [0.1, 0.15) is 0 Å². The molecule has 1 heterocycles. The highest BCUT2D eigenvalue weighted by molar-refractivity contribution is 5.92. The third-order valence-corrected chi connectivity index (χ3v) is 3.21. The standard InChI is InChI=1S/C16H19N3O2/c1-11-5-4-6-13(18-11)10-19(2)15-9-12(16(20)21-3)7-8-14(15)17/h4-9H,10,17H2,1-3H3. The summed E-state index contributed by atoms with van der Waals surface area (Å²) in [6.45, 7) is 2.56. The number of nitrogens with two attached hydrogens (primary N) is 1. The van der Waals surface area contributed by atoms with Crippen molar-refractivity contribution in [3.63, 3.8) is 0 Å². The topological polar surface area (TPSA) is 68.5 Å². The van der Waals surface area contributed by atoms with Crippen molar-refractivity contribution in [3.05, 3.63) is 53.3 Å². The molecule has 0 radical (unpaired) electrons. The summed E-state index contributed by atoms with van der Waals surface area (Å²) >= 11 is 0. The fourth-order valence-corrected chi connectivity index (χ4v) is 2.13. The molecule has 21 heavy (non-hydrogen) atoms. The maximum Gasteiger partial charge on any atom is 0.337 e. The lowest BCUT2D eigenvalue weighted by atomic mass is 10.1. The first-order chi connectivity index (χ1) is 10.0.